The fourth-order valence-electron chi connectivity index (χ4n) is 1.49. The third kappa shape index (κ3) is 1.70. The van der Waals surface area contributed by atoms with Crippen molar-refractivity contribution in [3.63, 3.8) is 0 Å². The Kier molecular flexibility index (Phi) is 2.26. The van der Waals surface area contributed by atoms with E-state index in [0.29, 0.717) is 6.54 Å². The molecule has 0 unspecified atom stereocenters. The molecule has 3 nitrogen and oxygen atoms in total. The van der Waals surface area contributed by atoms with Crippen LogP contribution < -0.4 is 5.32 Å². The zero-order valence-corrected chi connectivity index (χ0v) is 7.13. The predicted molar refractivity (Wildman–Crippen MR) is 43.5 cm³/mol. The van der Waals surface area contributed by atoms with Gasteiger partial charge in [-0.3, -0.25) is 4.68 Å². The topological polar surface area (TPSA) is 29.9 Å². The number of fused-ring (bicyclic) bond motifs is 1. The summed E-state index contributed by atoms with van der Waals surface area (Å²) in [7, 11) is 0. The summed E-state index contributed by atoms with van der Waals surface area (Å²) in [6.07, 6.45) is -1.52. The zero-order valence-electron chi connectivity index (χ0n) is 7.13. The highest BCUT2D eigenvalue weighted by Gasteiger charge is 2.16. The van der Waals surface area contributed by atoms with Crippen molar-refractivity contribution >= 4 is 0 Å². The summed E-state index contributed by atoms with van der Waals surface area (Å²) in [5, 5.41) is 6.99. The maximum Gasteiger partial charge on any atom is 0.282 e. The normalized spacial score (nSPS) is 17.2. The van der Waals surface area contributed by atoms with Crippen molar-refractivity contribution in [3.8, 4) is 0 Å². The second-order valence-electron chi connectivity index (χ2n) is 3.11. The first-order chi connectivity index (χ1) is 6.27. The van der Waals surface area contributed by atoms with Crippen molar-refractivity contribution in [2.24, 2.45) is 0 Å². The van der Waals surface area contributed by atoms with Crippen molar-refractivity contribution < 1.29 is 8.78 Å². The quantitative estimate of drug-likeness (QED) is 0.718. The third-order valence-electron chi connectivity index (χ3n) is 2.14. The highest BCUT2D eigenvalue weighted by atomic mass is 19.3. The lowest BCUT2D eigenvalue weighted by Crippen LogP contribution is -2.11. The van der Waals surface area contributed by atoms with Gasteiger partial charge in [-0.2, -0.15) is 5.10 Å². The molecule has 0 atom stereocenters. The van der Waals surface area contributed by atoms with E-state index in [0.717, 1.165) is 25.2 Å². The van der Waals surface area contributed by atoms with Crippen LogP contribution in [0.5, 0.6) is 0 Å². The van der Waals surface area contributed by atoms with Gasteiger partial charge in [0.2, 0.25) is 0 Å². The largest absolute Gasteiger partial charge is 0.311 e. The Morgan fingerprint density at radius 3 is 3.15 bits per heavy atom. The molecule has 5 heteroatoms. The highest BCUT2D eigenvalue weighted by molar-refractivity contribution is 5.12. The highest BCUT2D eigenvalue weighted by Crippen LogP contribution is 2.19. The molecule has 1 N–H and O–H groups in total. The van der Waals surface area contributed by atoms with Crippen LogP contribution >= 0.6 is 0 Å². The molecule has 1 aromatic rings. The van der Waals surface area contributed by atoms with Crippen LogP contribution in [0.25, 0.3) is 0 Å². The number of nitrogens with one attached hydrogen (secondary N) is 1. The van der Waals surface area contributed by atoms with E-state index in [1.807, 2.05) is 0 Å². The SMILES string of the molecule is FC(F)c1cc2n(n1)CCCNC2. The Morgan fingerprint density at radius 2 is 2.38 bits per heavy atom. The van der Waals surface area contributed by atoms with Gasteiger partial charge in [0.15, 0.2) is 0 Å². The van der Waals surface area contributed by atoms with Gasteiger partial charge in [0, 0.05) is 13.1 Å². The first-order valence-electron chi connectivity index (χ1n) is 4.33. The molecule has 1 aliphatic heterocycles. The minimum atomic E-state index is -2.46. The summed E-state index contributed by atoms with van der Waals surface area (Å²) in [5.74, 6) is 0. The molecule has 1 aromatic heterocycles. The molecule has 2 rings (SSSR count). The average Bonchev–Trinajstić information content (AvgIpc) is 2.38. The van der Waals surface area contributed by atoms with Crippen molar-refractivity contribution in [3.05, 3.63) is 17.5 Å². The summed E-state index contributed by atoms with van der Waals surface area (Å²) < 4.78 is 26.2. The van der Waals surface area contributed by atoms with Crippen LogP contribution in [0.1, 0.15) is 24.2 Å². The minimum absolute atomic E-state index is 0.112. The molecule has 0 spiro atoms. The lowest BCUT2D eigenvalue weighted by molar-refractivity contribution is 0.145. The molecule has 0 amide bonds. The molecule has 72 valence electrons. The van der Waals surface area contributed by atoms with Gasteiger partial charge < -0.3 is 5.32 Å². The number of aryl methyl sites for hydroxylation is 1. The Labute approximate surface area is 74.7 Å². The number of hydrogen-bond acceptors (Lipinski definition) is 2. The fourth-order valence-corrected chi connectivity index (χ4v) is 1.49. The van der Waals surface area contributed by atoms with Crippen LogP contribution in [0, 0.1) is 0 Å². The fraction of sp³-hybridized carbons (Fsp3) is 0.625. The van der Waals surface area contributed by atoms with E-state index >= 15 is 0 Å². The van der Waals surface area contributed by atoms with Gasteiger partial charge in [-0.1, -0.05) is 0 Å². The van der Waals surface area contributed by atoms with Crippen LogP contribution in [0.2, 0.25) is 0 Å². The van der Waals surface area contributed by atoms with E-state index in [1.54, 1.807) is 4.68 Å². The zero-order chi connectivity index (χ0) is 9.26. The summed E-state index contributed by atoms with van der Waals surface area (Å²) >= 11 is 0. The molecular weight excluding hydrogens is 176 g/mol. The molecular formula is C8H11F2N3. The third-order valence-corrected chi connectivity index (χ3v) is 2.14. The number of alkyl halides is 2. The molecule has 2 heterocycles. The van der Waals surface area contributed by atoms with E-state index in [2.05, 4.69) is 10.4 Å². The van der Waals surface area contributed by atoms with Crippen molar-refractivity contribution in [2.75, 3.05) is 6.54 Å². The smallest absolute Gasteiger partial charge is 0.282 e. The Hall–Kier alpha value is -0.970. The van der Waals surface area contributed by atoms with E-state index in [-0.39, 0.29) is 5.69 Å². The molecule has 13 heavy (non-hydrogen) atoms. The number of aromatic nitrogens is 2. The van der Waals surface area contributed by atoms with Gasteiger partial charge in [-0.05, 0) is 19.0 Å². The van der Waals surface area contributed by atoms with E-state index in [9.17, 15) is 8.78 Å². The Morgan fingerprint density at radius 1 is 1.54 bits per heavy atom. The molecule has 0 saturated heterocycles. The van der Waals surface area contributed by atoms with E-state index in [1.165, 1.54) is 6.07 Å². The molecule has 1 aliphatic rings. The standard InChI is InChI=1S/C8H11F2N3/c9-8(10)7-4-6-5-11-2-1-3-13(6)12-7/h4,8,11H,1-3,5H2. The van der Waals surface area contributed by atoms with Crippen LogP contribution in [0.4, 0.5) is 8.78 Å². The molecule has 0 fully saturated rings. The average molecular weight is 187 g/mol. The van der Waals surface area contributed by atoms with Gasteiger partial charge >= 0.3 is 0 Å². The number of nitrogens with zero attached hydrogens (tertiary/aromatic N) is 2. The van der Waals surface area contributed by atoms with E-state index in [4.69, 9.17) is 0 Å². The number of halogens is 2. The second kappa shape index (κ2) is 3.41. The van der Waals surface area contributed by atoms with Gasteiger partial charge in [-0.25, -0.2) is 8.78 Å². The van der Waals surface area contributed by atoms with Crippen LogP contribution in [-0.2, 0) is 13.1 Å². The summed E-state index contributed by atoms with van der Waals surface area (Å²) in [4.78, 5) is 0. The Bertz CT molecular complexity index is 272. The summed E-state index contributed by atoms with van der Waals surface area (Å²) in [6, 6.07) is 1.48. The van der Waals surface area contributed by atoms with Crippen molar-refractivity contribution in [1.82, 2.24) is 15.1 Å². The first kappa shape index (κ1) is 8.62. The summed E-state index contributed by atoms with van der Waals surface area (Å²) in [6.45, 7) is 2.29. The van der Waals surface area contributed by atoms with Gasteiger partial charge in [0.05, 0.1) is 5.69 Å². The minimum Gasteiger partial charge on any atom is -0.311 e. The Balaban J connectivity index is 2.27. The summed E-state index contributed by atoms with van der Waals surface area (Å²) in [5.41, 5.74) is 0.742. The maximum atomic E-state index is 12.3. The second-order valence-corrected chi connectivity index (χ2v) is 3.11. The maximum absolute atomic E-state index is 12.3. The molecule has 0 radical (unpaired) electrons. The molecule has 0 bridgehead atoms. The number of hydrogen-bond donors (Lipinski definition) is 1. The van der Waals surface area contributed by atoms with Crippen molar-refractivity contribution in [1.29, 1.82) is 0 Å². The predicted octanol–water partition coefficient (Wildman–Crippen LogP) is 1.31. The van der Waals surface area contributed by atoms with Crippen LogP contribution in [-0.4, -0.2) is 16.3 Å². The monoisotopic (exact) mass is 187 g/mol. The van der Waals surface area contributed by atoms with E-state index < -0.39 is 6.43 Å². The van der Waals surface area contributed by atoms with Gasteiger partial charge in [0.25, 0.3) is 6.43 Å². The first-order valence-corrected chi connectivity index (χ1v) is 4.33. The molecule has 0 aliphatic carbocycles. The number of rotatable bonds is 1. The molecule has 0 aromatic carbocycles. The lowest BCUT2D eigenvalue weighted by atomic mass is 10.3. The van der Waals surface area contributed by atoms with Crippen molar-refractivity contribution in [2.45, 2.75) is 25.9 Å². The van der Waals surface area contributed by atoms with Crippen LogP contribution in [0.15, 0.2) is 6.07 Å². The van der Waals surface area contributed by atoms with Gasteiger partial charge in [0.1, 0.15) is 5.69 Å². The molecule has 0 saturated carbocycles. The van der Waals surface area contributed by atoms with Crippen LogP contribution in [0.3, 0.4) is 0 Å². The van der Waals surface area contributed by atoms with Gasteiger partial charge in [-0.15, -0.1) is 0 Å². The lowest BCUT2D eigenvalue weighted by Gasteiger charge is -1.98.